The molecule has 67 valence electrons. The second-order valence-corrected chi connectivity index (χ2v) is 2.60. The Kier molecular flexibility index (Phi) is 3.37. The van der Waals surface area contributed by atoms with Gasteiger partial charge in [0.2, 0.25) is 0 Å². The molecule has 12 heavy (non-hydrogen) atoms. The summed E-state index contributed by atoms with van der Waals surface area (Å²) in [5, 5.41) is 5.12. The van der Waals surface area contributed by atoms with E-state index < -0.39 is 0 Å². The molecule has 1 radical (unpaired) electrons. The van der Waals surface area contributed by atoms with E-state index in [1.54, 1.807) is 11.3 Å². The molecule has 0 saturated carbocycles. The molecule has 2 N–H and O–H groups in total. The summed E-state index contributed by atoms with van der Waals surface area (Å²) in [6, 6.07) is -0.00918. The van der Waals surface area contributed by atoms with Crippen LogP contribution in [0.5, 0.6) is 0 Å². The number of carbonyl (C=O) groups is 1. The number of amides is 3. The molecule has 0 atom stereocenters. The van der Waals surface area contributed by atoms with Crippen molar-refractivity contribution in [3.63, 3.8) is 0 Å². The van der Waals surface area contributed by atoms with Gasteiger partial charge < -0.3 is 15.5 Å². The zero-order valence-corrected chi connectivity index (χ0v) is 6.80. The van der Waals surface area contributed by atoms with Crippen LogP contribution in [0.25, 0.3) is 0 Å². The molecule has 5 nitrogen and oxygen atoms in total. The van der Waals surface area contributed by atoms with Crippen LogP contribution in [0, 0.1) is 0 Å². The van der Waals surface area contributed by atoms with Gasteiger partial charge in [-0.2, -0.15) is 0 Å². The van der Waals surface area contributed by atoms with E-state index in [1.165, 1.54) is 0 Å². The second-order valence-electron chi connectivity index (χ2n) is 2.60. The molecule has 5 heteroatoms. The van der Waals surface area contributed by atoms with E-state index in [2.05, 4.69) is 10.6 Å². The van der Waals surface area contributed by atoms with E-state index in [9.17, 15) is 9.59 Å². The summed E-state index contributed by atoms with van der Waals surface area (Å²) in [6.45, 7) is 2.77. The van der Waals surface area contributed by atoms with Crippen molar-refractivity contribution in [2.45, 2.75) is 6.42 Å². The molecule has 1 aliphatic rings. The van der Waals surface area contributed by atoms with Gasteiger partial charge in [-0.1, -0.05) is 0 Å². The molecule has 0 aromatic heterocycles. The first-order valence-corrected chi connectivity index (χ1v) is 3.97. The van der Waals surface area contributed by atoms with Gasteiger partial charge in [-0.3, -0.25) is 4.79 Å². The van der Waals surface area contributed by atoms with Gasteiger partial charge >= 0.3 is 12.4 Å². The summed E-state index contributed by atoms with van der Waals surface area (Å²) in [5.74, 6) is 0. The van der Waals surface area contributed by atoms with Gasteiger partial charge in [0, 0.05) is 26.2 Å². The van der Waals surface area contributed by atoms with E-state index in [4.69, 9.17) is 0 Å². The van der Waals surface area contributed by atoms with Gasteiger partial charge in [0.25, 0.3) is 0 Å². The lowest BCUT2D eigenvalue weighted by Crippen LogP contribution is -2.30. The van der Waals surface area contributed by atoms with Gasteiger partial charge in [0.05, 0.1) is 0 Å². The lowest BCUT2D eigenvalue weighted by molar-refractivity contribution is 0.217. The normalized spacial score (nSPS) is 16.0. The molecule has 0 aromatic rings. The van der Waals surface area contributed by atoms with Crippen molar-refractivity contribution in [3.05, 3.63) is 0 Å². The summed E-state index contributed by atoms with van der Waals surface area (Å²) < 4.78 is 0. The van der Waals surface area contributed by atoms with Crippen molar-refractivity contribution >= 4 is 12.4 Å². The fraction of sp³-hybridized carbons (Fsp3) is 0.714. The Hall–Kier alpha value is -1.26. The standard InChI is InChI=1S/C7H12N3O2/c11-6-8-2-1-4-10-5-3-9-7(10)12/h1-5H2,(H,8,11)(H,9,12). The Morgan fingerprint density at radius 2 is 2.50 bits per heavy atom. The Labute approximate surface area is 71.1 Å². The van der Waals surface area contributed by atoms with E-state index in [0.29, 0.717) is 13.1 Å². The Morgan fingerprint density at radius 3 is 3.08 bits per heavy atom. The fourth-order valence-electron chi connectivity index (χ4n) is 1.13. The minimum atomic E-state index is -0.00918. The average molecular weight is 170 g/mol. The van der Waals surface area contributed by atoms with Crippen molar-refractivity contribution in [1.82, 2.24) is 15.5 Å². The first-order chi connectivity index (χ1) is 5.84. The zero-order valence-electron chi connectivity index (χ0n) is 6.80. The van der Waals surface area contributed by atoms with Crippen molar-refractivity contribution in [2.24, 2.45) is 0 Å². The summed E-state index contributed by atoms with van der Waals surface area (Å²) in [6.07, 6.45) is 2.37. The SMILES string of the molecule is O=[C]NCCCN1CCNC1=O. The van der Waals surface area contributed by atoms with Gasteiger partial charge in [-0.25, -0.2) is 4.79 Å². The maximum absolute atomic E-state index is 11.0. The van der Waals surface area contributed by atoms with Crippen LogP contribution in [0.2, 0.25) is 0 Å². The van der Waals surface area contributed by atoms with Crippen LogP contribution in [0.15, 0.2) is 0 Å². The minimum absolute atomic E-state index is 0.00918. The number of hydrogen-bond acceptors (Lipinski definition) is 2. The molecule has 1 aliphatic heterocycles. The van der Waals surface area contributed by atoms with Crippen molar-refractivity contribution < 1.29 is 9.59 Å². The molecule has 0 aromatic carbocycles. The summed E-state index contributed by atoms with van der Waals surface area (Å²) in [4.78, 5) is 22.4. The third-order valence-electron chi connectivity index (χ3n) is 1.75. The van der Waals surface area contributed by atoms with Crippen molar-refractivity contribution in [2.75, 3.05) is 26.2 Å². The van der Waals surface area contributed by atoms with Gasteiger partial charge in [0.15, 0.2) is 0 Å². The minimum Gasteiger partial charge on any atom is -0.348 e. The van der Waals surface area contributed by atoms with E-state index in [0.717, 1.165) is 19.5 Å². The number of nitrogens with one attached hydrogen (secondary N) is 2. The monoisotopic (exact) mass is 170 g/mol. The maximum Gasteiger partial charge on any atom is 0.317 e. The number of carbonyl (C=O) groups excluding carboxylic acids is 2. The predicted molar refractivity (Wildman–Crippen MR) is 43.3 cm³/mol. The van der Waals surface area contributed by atoms with Gasteiger partial charge in [0.1, 0.15) is 0 Å². The van der Waals surface area contributed by atoms with Crippen molar-refractivity contribution in [1.29, 1.82) is 0 Å². The van der Waals surface area contributed by atoms with E-state index in [1.807, 2.05) is 0 Å². The molecular weight excluding hydrogens is 158 g/mol. The Balaban J connectivity index is 2.06. The molecule has 3 amide bonds. The molecule has 1 fully saturated rings. The first kappa shape index (κ1) is 8.83. The third kappa shape index (κ3) is 2.41. The summed E-state index contributed by atoms with van der Waals surface area (Å²) in [5.41, 5.74) is 0. The largest absolute Gasteiger partial charge is 0.348 e. The van der Waals surface area contributed by atoms with Crippen LogP contribution in [-0.2, 0) is 4.79 Å². The topological polar surface area (TPSA) is 61.4 Å². The highest BCUT2D eigenvalue weighted by Crippen LogP contribution is 1.96. The molecule has 1 heterocycles. The number of rotatable bonds is 5. The summed E-state index contributed by atoms with van der Waals surface area (Å²) >= 11 is 0. The zero-order chi connectivity index (χ0) is 8.81. The number of nitrogens with zero attached hydrogens (tertiary/aromatic N) is 1. The van der Waals surface area contributed by atoms with Crippen LogP contribution < -0.4 is 10.6 Å². The molecule has 0 bridgehead atoms. The maximum atomic E-state index is 11.0. The van der Waals surface area contributed by atoms with Gasteiger partial charge in [-0.05, 0) is 6.42 Å². The molecule has 0 aliphatic carbocycles. The van der Waals surface area contributed by atoms with Crippen LogP contribution in [0.4, 0.5) is 4.79 Å². The molecule has 0 unspecified atom stereocenters. The highest BCUT2D eigenvalue weighted by atomic mass is 16.2. The van der Waals surface area contributed by atoms with Crippen LogP contribution in [-0.4, -0.2) is 43.5 Å². The quantitative estimate of drug-likeness (QED) is 0.413. The lowest BCUT2D eigenvalue weighted by Gasteiger charge is -2.12. The van der Waals surface area contributed by atoms with Crippen LogP contribution >= 0.6 is 0 Å². The predicted octanol–water partition coefficient (Wildman–Crippen LogP) is -0.941. The highest BCUT2D eigenvalue weighted by molar-refractivity contribution is 5.76. The molecule has 0 spiro atoms. The average Bonchev–Trinajstić information content (AvgIpc) is 2.46. The van der Waals surface area contributed by atoms with Gasteiger partial charge in [-0.15, -0.1) is 0 Å². The second kappa shape index (κ2) is 4.58. The van der Waals surface area contributed by atoms with Crippen LogP contribution in [0.1, 0.15) is 6.42 Å². The van der Waals surface area contributed by atoms with Crippen molar-refractivity contribution in [3.8, 4) is 0 Å². The molecule has 1 saturated heterocycles. The lowest BCUT2D eigenvalue weighted by atomic mass is 10.4. The number of hydrogen-bond donors (Lipinski definition) is 2. The number of urea groups is 1. The Bertz CT molecular complexity index is 172. The molecule has 1 rings (SSSR count). The fourth-order valence-corrected chi connectivity index (χ4v) is 1.13. The summed E-state index contributed by atoms with van der Waals surface area (Å²) in [7, 11) is 0. The first-order valence-electron chi connectivity index (χ1n) is 3.97. The molecular formula is C7H12N3O2. The highest BCUT2D eigenvalue weighted by Gasteiger charge is 2.17. The smallest absolute Gasteiger partial charge is 0.317 e. The Morgan fingerprint density at radius 1 is 1.67 bits per heavy atom. The van der Waals surface area contributed by atoms with E-state index in [-0.39, 0.29) is 6.03 Å². The van der Waals surface area contributed by atoms with E-state index >= 15 is 0 Å². The third-order valence-corrected chi connectivity index (χ3v) is 1.75. The van der Waals surface area contributed by atoms with Crippen LogP contribution in [0.3, 0.4) is 0 Å².